The maximum Gasteiger partial charge on any atom is 0.415 e. The monoisotopic (exact) mass is 758 g/mol. The lowest BCUT2D eigenvalue weighted by Gasteiger charge is -2.33. The summed E-state index contributed by atoms with van der Waals surface area (Å²) in [6.45, 7) is 14.2. The quantitative estimate of drug-likeness (QED) is 0.0857. The standard InChI is InChI=1S/C40H62N4O10/c1-25(2)29(18-28-12-13-34(50-10)36(19-28)51-17-11-16-49-9)20-31-35(21-30(26(3)4)33(45)14-15-40(6,7)38(41)47)52-24-44(31)39(48)54-27(5)53-37(46)32-22-42-23-43(32)8/h12-13,19,22-23,25-27,29-31,35H,11,14-18,20-21,24H2,1-10H3,(H2,41,47)/t27?,29-,30-,31-,35-/m0/s1. The topological polar surface area (TPSA) is 171 Å². The van der Waals surface area contributed by atoms with E-state index in [-0.39, 0.29) is 48.3 Å². The molecule has 1 aromatic carbocycles. The van der Waals surface area contributed by atoms with Crippen LogP contribution in [0, 0.1) is 29.1 Å². The van der Waals surface area contributed by atoms with Gasteiger partial charge in [-0.3, -0.25) is 14.5 Å². The van der Waals surface area contributed by atoms with Crippen molar-refractivity contribution in [2.75, 3.05) is 34.2 Å². The van der Waals surface area contributed by atoms with Gasteiger partial charge < -0.3 is 38.7 Å². The number of nitrogens with two attached hydrogens (primary N) is 1. The molecule has 1 fully saturated rings. The van der Waals surface area contributed by atoms with Gasteiger partial charge in [0.15, 0.2) is 11.5 Å². The number of benzene rings is 1. The Labute approximate surface area is 320 Å². The first kappa shape index (κ1) is 44.2. The lowest BCUT2D eigenvalue weighted by atomic mass is 9.78. The Balaban J connectivity index is 1.87. The van der Waals surface area contributed by atoms with Crippen LogP contribution in [-0.2, 0) is 42.0 Å². The van der Waals surface area contributed by atoms with Gasteiger partial charge in [-0.15, -0.1) is 0 Å². The summed E-state index contributed by atoms with van der Waals surface area (Å²) in [6.07, 6.45) is 3.34. The number of rotatable bonds is 22. The average Bonchev–Trinajstić information content (AvgIpc) is 3.73. The summed E-state index contributed by atoms with van der Waals surface area (Å²) < 4.78 is 35.7. The van der Waals surface area contributed by atoms with E-state index in [1.165, 1.54) is 28.9 Å². The molecule has 0 spiro atoms. The number of hydrogen-bond acceptors (Lipinski definition) is 11. The van der Waals surface area contributed by atoms with Crippen LogP contribution in [0.3, 0.4) is 0 Å². The summed E-state index contributed by atoms with van der Waals surface area (Å²) >= 11 is 0. The molecule has 0 saturated carbocycles. The van der Waals surface area contributed by atoms with Crippen LogP contribution in [0.15, 0.2) is 30.7 Å². The Bertz CT molecular complexity index is 1540. The van der Waals surface area contributed by atoms with Crippen LogP contribution in [0.2, 0.25) is 0 Å². The predicted molar refractivity (Wildman–Crippen MR) is 202 cm³/mol. The molecule has 2 N–H and O–H groups in total. The van der Waals surface area contributed by atoms with Crippen molar-refractivity contribution < 1.29 is 47.6 Å². The largest absolute Gasteiger partial charge is 0.493 e. The molecule has 1 unspecified atom stereocenters. The molecule has 302 valence electrons. The lowest BCUT2D eigenvalue weighted by molar-refractivity contribution is -0.129. The fourth-order valence-corrected chi connectivity index (χ4v) is 6.59. The molecule has 1 aromatic heterocycles. The van der Waals surface area contributed by atoms with E-state index in [2.05, 4.69) is 18.8 Å². The Hall–Kier alpha value is -4.17. The van der Waals surface area contributed by atoms with E-state index in [1.54, 1.807) is 35.1 Å². The molecule has 54 heavy (non-hydrogen) atoms. The van der Waals surface area contributed by atoms with Crippen molar-refractivity contribution in [1.82, 2.24) is 14.5 Å². The fourth-order valence-electron chi connectivity index (χ4n) is 6.59. The number of amides is 2. The number of carbonyl (C=O) groups is 4. The number of carbonyl (C=O) groups excluding carboxylic acids is 4. The molecule has 14 heteroatoms. The van der Waals surface area contributed by atoms with Gasteiger partial charge in [0, 0.05) is 51.9 Å². The van der Waals surface area contributed by atoms with Crippen molar-refractivity contribution >= 4 is 23.8 Å². The maximum absolute atomic E-state index is 13.8. The zero-order chi connectivity index (χ0) is 40.2. The molecule has 1 aliphatic heterocycles. The van der Waals surface area contributed by atoms with Crippen molar-refractivity contribution in [1.29, 1.82) is 0 Å². The van der Waals surface area contributed by atoms with Gasteiger partial charge in [0.05, 0.1) is 38.4 Å². The van der Waals surface area contributed by atoms with Gasteiger partial charge in [-0.2, -0.15) is 0 Å². The van der Waals surface area contributed by atoms with E-state index >= 15 is 0 Å². The number of ketones is 1. The fraction of sp³-hybridized carbons (Fsp3) is 0.675. The van der Waals surface area contributed by atoms with Crippen molar-refractivity contribution in [3.05, 3.63) is 42.0 Å². The van der Waals surface area contributed by atoms with Crippen molar-refractivity contribution in [2.45, 2.75) is 105 Å². The van der Waals surface area contributed by atoms with E-state index in [9.17, 15) is 19.2 Å². The van der Waals surface area contributed by atoms with Gasteiger partial charge in [0.2, 0.25) is 12.2 Å². The number of Topliss-reactive ketones (excluding diaryl/α,β-unsaturated/α-hetero) is 1. The SMILES string of the molecule is COCCCOc1cc(C[C@@H](C[C@H]2[C@H](C[C@H](C(=O)CCC(C)(C)C(N)=O)C(C)C)OCN2C(=O)OC(C)OC(=O)c2cncn2C)C(C)C)ccc1OC. The van der Waals surface area contributed by atoms with Gasteiger partial charge in [-0.05, 0) is 61.1 Å². The molecule has 0 bridgehead atoms. The van der Waals surface area contributed by atoms with Crippen LogP contribution in [0.4, 0.5) is 4.79 Å². The van der Waals surface area contributed by atoms with Crippen molar-refractivity contribution in [3.8, 4) is 11.5 Å². The molecule has 3 rings (SSSR count). The number of aryl methyl sites for hydroxylation is 1. The predicted octanol–water partition coefficient (Wildman–Crippen LogP) is 5.94. The molecule has 1 saturated heterocycles. The summed E-state index contributed by atoms with van der Waals surface area (Å²) in [7, 11) is 4.92. The van der Waals surface area contributed by atoms with Gasteiger partial charge >= 0.3 is 12.1 Å². The minimum absolute atomic E-state index is 0.0200. The highest BCUT2D eigenvalue weighted by Crippen LogP contribution is 2.36. The Morgan fingerprint density at radius 1 is 1.00 bits per heavy atom. The first-order valence-corrected chi connectivity index (χ1v) is 18.9. The number of methoxy groups -OCH3 is 2. The molecule has 0 aliphatic carbocycles. The van der Waals surface area contributed by atoms with Gasteiger partial charge in [0.1, 0.15) is 18.2 Å². The van der Waals surface area contributed by atoms with Gasteiger partial charge in [-0.1, -0.05) is 47.6 Å². The van der Waals surface area contributed by atoms with E-state index in [0.717, 1.165) is 12.0 Å². The molecular formula is C40H62N4O10. The highest BCUT2D eigenvalue weighted by molar-refractivity contribution is 5.87. The van der Waals surface area contributed by atoms with Crippen LogP contribution in [0.25, 0.3) is 0 Å². The molecular weight excluding hydrogens is 696 g/mol. The third-order valence-electron chi connectivity index (χ3n) is 10.4. The van der Waals surface area contributed by atoms with Crippen LogP contribution in [-0.4, -0.2) is 90.8 Å². The number of ether oxygens (including phenoxy) is 6. The molecule has 2 heterocycles. The Kier molecular flexibility index (Phi) is 16.8. The highest BCUT2D eigenvalue weighted by atomic mass is 16.7. The second-order valence-electron chi connectivity index (χ2n) is 15.5. The second-order valence-corrected chi connectivity index (χ2v) is 15.5. The molecule has 1 aliphatic rings. The maximum atomic E-state index is 13.8. The van der Waals surface area contributed by atoms with Crippen LogP contribution < -0.4 is 15.2 Å². The number of nitrogens with zero attached hydrogens (tertiary/aromatic N) is 3. The van der Waals surface area contributed by atoms with Crippen LogP contribution in [0.5, 0.6) is 11.5 Å². The summed E-state index contributed by atoms with van der Waals surface area (Å²) in [5, 5.41) is 0. The minimum Gasteiger partial charge on any atom is -0.493 e. The third kappa shape index (κ3) is 12.4. The summed E-state index contributed by atoms with van der Waals surface area (Å²) in [5.41, 5.74) is 6.03. The van der Waals surface area contributed by atoms with Crippen molar-refractivity contribution in [3.63, 3.8) is 0 Å². The van der Waals surface area contributed by atoms with Crippen LogP contribution >= 0.6 is 0 Å². The summed E-state index contributed by atoms with van der Waals surface area (Å²) in [5.74, 6) is 0.0540. The number of imidazole rings is 1. The summed E-state index contributed by atoms with van der Waals surface area (Å²) in [4.78, 5) is 57.7. The first-order chi connectivity index (χ1) is 25.5. The zero-order valence-corrected chi connectivity index (χ0v) is 33.8. The molecule has 5 atom stereocenters. The zero-order valence-electron chi connectivity index (χ0n) is 33.8. The number of aromatic nitrogens is 2. The number of primary amides is 1. The van der Waals surface area contributed by atoms with E-state index in [0.29, 0.717) is 50.4 Å². The van der Waals surface area contributed by atoms with E-state index in [1.807, 2.05) is 32.0 Å². The van der Waals surface area contributed by atoms with Gasteiger partial charge in [0.25, 0.3) is 0 Å². The lowest BCUT2D eigenvalue weighted by Crippen LogP contribution is -2.44. The molecule has 14 nitrogen and oxygen atoms in total. The van der Waals surface area contributed by atoms with E-state index in [4.69, 9.17) is 34.2 Å². The molecule has 2 amide bonds. The Morgan fingerprint density at radius 2 is 1.72 bits per heavy atom. The molecule has 2 aromatic rings. The first-order valence-electron chi connectivity index (χ1n) is 18.9. The number of hydrogen-bond donors (Lipinski definition) is 1. The summed E-state index contributed by atoms with van der Waals surface area (Å²) in [6, 6.07) is 5.46. The minimum atomic E-state index is -1.19. The van der Waals surface area contributed by atoms with Crippen LogP contribution in [0.1, 0.15) is 96.6 Å². The smallest absolute Gasteiger partial charge is 0.415 e. The second kappa shape index (κ2) is 20.5. The number of esters is 1. The van der Waals surface area contributed by atoms with Crippen molar-refractivity contribution in [2.24, 2.45) is 41.9 Å². The third-order valence-corrected chi connectivity index (χ3v) is 10.4. The highest BCUT2D eigenvalue weighted by Gasteiger charge is 2.43. The normalized spacial score (nSPS) is 17.7. The average molecular weight is 759 g/mol. The molecule has 0 radical (unpaired) electrons. The van der Waals surface area contributed by atoms with E-state index < -0.39 is 41.8 Å². The Morgan fingerprint density at radius 3 is 2.31 bits per heavy atom. The van der Waals surface area contributed by atoms with Gasteiger partial charge in [-0.25, -0.2) is 14.6 Å².